The Morgan fingerprint density at radius 3 is 2.14 bits per heavy atom. The van der Waals surface area contributed by atoms with Crippen LogP contribution in [0.25, 0.3) is 77.2 Å². The third kappa shape index (κ3) is 3.06. The van der Waals surface area contributed by atoms with Gasteiger partial charge >= 0.3 is 0 Å². The van der Waals surface area contributed by atoms with Gasteiger partial charge in [0, 0.05) is 38.9 Å². The highest BCUT2D eigenvalue weighted by molar-refractivity contribution is 6.15. The van der Waals surface area contributed by atoms with Crippen molar-refractivity contribution in [3.8, 4) is 22.4 Å². The molecule has 0 aliphatic rings. The molecular formula is C33H19N3O. The van der Waals surface area contributed by atoms with Crippen molar-refractivity contribution in [3.63, 3.8) is 0 Å². The van der Waals surface area contributed by atoms with Crippen molar-refractivity contribution in [2.75, 3.05) is 0 Å². The van der Waals surface area contributed by atoms with E-state index in [9.17, 15) is 0 Å². The zero-order valence-electron chi connectivity index (χ0n) is 19.7. The van der Waals surface area contributed by atoms with Crippen molar-refractivity contribution < 1.29 is 4.42 Å². The third-order valence-electron chi connectivity index (χ3n) is 7.10. The molecule has 0 fully saturated rings. The lowest BCUT2D eigenvalue weighted by Gasteiger charge is -2.10. The van der Waals surface area contributed by atoms with Gasteiger partial charge in [0.15, 0.2) is 5.58 Å². The van der Waals surface area contributed by atoms with E-state index in [0.29, 0.717) is 0 Å². The molecule has 0 saturated carbocycles. The normalized spacial score (nSPS) is 11.8. The van der Waals surface area contributed by atoms with Crippen LogP contribution in [0.5, 0.6) is 0 Å². The molecule has 0 spiro atoms. The van der Waals surface area contributed by atoms with E-state index in [4.69, 9.17) is 14.4 Å². The highest BCUT2D eigenvalue weighted by Crippen LogP contribution is 2.39. The van der Waals surface area contributed by atoms with Gasteiger partial charge in [-0.2, -0.15) is 0 Å². The molecule has 8 rings (SSSR count). The fourth-order valence-electron chi connectivity index (χ4n) is 5.32. The first-order valence-electron chi connectivity index (χ1n) is 12.3. The van der Waals surface area contributed by atoms with Crippen molar-refractivity contribution >= 4 is 54.8 Å². The number of para-hydroxylation sites is 2. The Morgan fingerprint density at radius 1 is 0.514 bits per heavy atom. The molecule has 0 bridgehead atoms. The van der Waals surface area contributed by atoms with E-state index >= 15 is 0 Å². The van der Waals surface area contributed by atoms with Gasteiger partial charge in [-0.25, -0.2) is 9.97 Å². The van der Waals surface area contributed by atoms with Crippen molar-refractivity contribution in [3.05, 3.63) is 115 Å². The zero-order valence-corrected chi connectivity index (χ0v) is 19.7. The number of hydrogen-bond donors (Lipinski definition) is 0. The smallest absolute Gasteiger partial charge is 0.162 e. The van der Waals surface area contributed by atoms with Crippen LogP contribution in [0.2, 0.25) is 0 Å². The van der Waals surface area contributed by atoms with Crippen molar-refractivity contribution in [2.45, 2.75) is 0 Å². The van der Waals surface area contributed by atoms with Crippen LogP contribution in [0.3, 0.4) is 0 Å². The topological polar surface area (TPSA) is 51.8 Å². The maximum absolute atomic E-state index is 6.37. The highest BCUT2D eigenvalue weighted by Gasteiger charge is 2.17. The molecule has 0 amide bonds. The second-order valence-electron chi connectivity index (χ2n) is 9.27. The van der Waals surface area contributed by atoms with E-state index in [1.54, 1.807) is 0 Å². The minimum atomic E-state index is 0.814. The van der Waals surface area contributed by atoms with Crippen LogP contribution in [0.15, 0.2) is 120 Å². The van der Waals surface area contributed by atoms with E-state index < -0.39 is 0 Å². The summed E-state index contributed by atoms with van der Waals surface area (Å²) in [5, 5.41) is 4.28. The quantitative estimate of drug-likeness (QED) is 0.236. The lowest BCUT2D eigenvalue weighted by atomic mass is 9.97. The van der Waals surface area contributed by atoms with E-state index in [1.807, 2.05) is 42.6 Å². The fraction of sp³-hybridized carbons (Fsp3) is 0. The Bertz CT molecular complexity index is 2140. The number of rotatable bonds is 2. The standard InChI is InChI=1S/C33H19N3O/c1-3-9-27-24(7-1)29(33-32(36-27)25-8-2-4-10-28(25)37-33)21-13-11-20(12-14-21)26-18-17-23-16-15-22-6-5-19-34-30(22)31(23)35-26/h1-19H. The summed E-state index contributed by atoms with van der Waals surface area (Å²) in [7, 11) is 0. The number of aromatic nitrogens is 3. The van der Waals surface area contributed by atoms with Crippen LogP contribution in [-0.2, 0) is 0 Å². The molecule has 4 heteroatoms. The maximum atomic E-state index is 6.37. The summed E-state index contributed by atoms with van der Waals surface area (Å²) in [4.78, 5) is 14.6. The number of hydrogen-bond acceptors (Lipinski definition) is 4. The Hall–Kier alpha value is -5.09. The lowest BCUT2D eigenvalue weighted by Crippen LogP contribution is -1.90. The largest absolute Gasteiger partial charge is 0.454 e. The molecule has 4 aromatic carbocycles. The Kier molecular flexibility index (Phi) is 4.19. The Morgan fingerprint density at radius 2 is 1.24 bits per heavy atom. The first-order valence-corrected chi connectivity index (χ1v) is 12.3. The first-order chi connectivity index (χ1) is 18.3. The molecule has 4 aromatic heterocycles. The van der Waals surface area contributed by atoms with Gasteiger partial charge in [-0.3, -0.25) is 4.98 Å². The Labute approximate surface area is 211 Å². The molecule has 4 nitrogen and oxygen atoms in total. The van der Waals surface area contributed by atoms with Gasteiger partial charge in [0.1, 0.15) is 11.1 Å². The van der Waals surface area contributed by atoms with Crippen LogP contribution in [0.4, 0.5) is 0 Å². The molecular weight excluding hydrogens is 454 g/mol. The molecule has 4 heterocycles. The van der Waals surface area contributed by atoms with Gasteiger partial charge in [-0.15, -0.1) is 0 Å². The van der Waals surface area contributed by atoms with E-state index in [2.05, 4.69) is 77.8 Å². The van der Waals surface area contributed by atoms with Crippen molar-refractivity contribution in [1.29, 1.82) is 0 Å². The first kappa shape index (κ1) is 20.1. The summed E-state index contributed by atoms with van der Waals surface area (Å²) in [6, 6.07) is 37.3. The number of furan rings is 1. The molecule has 0 saturated heterocycles. The van der Waals surface area contributed by atoms with Gasteiger partial charge in [0.25, 0.3) is 0 Å². The summed E-state index contributed by atoms with van der Waals surface area (Å²) >= 11 is 0. The summed E-state index contributed by atoms with van der Waals surface area (Å²) in [5.41, 5.74) is 9.47. The van der Waals surface area contributed by atoms with Gasteiger partial charge in [0.05, 0.1) is 22.2 Å². The van der Waals surface area contributed by atoms with Gasteiger partial charge < -0.3 is 4.42 Å². The molecule has 8 aromatic rings. The van der Waals surface area contributed by atoms with Crippen LogP contribution in [-0.4, -0.2) is 15.0 Å². The summed E-state index contributed by atoms with van der Waals surface area (Å²) < 4.78 is 6.37. The summed E-state index contributed by atoms with van der Waals surface area (Å²) in [6.07, 6.45) is 1.82. The average molecular weight is 474 g/mol. The third-order valence-corrected chi connectivity index (χ3v) is 7.10. The lowest BCUT2D eigenvalue weighted by molar-refractivity contribution is 0.670. The van der Waals surface area contributed by atoms with Crippen LogP contribution < -0.4 is 0 Å². The zero-order chi connectivity index (χ0) is 24.3. The SMILES string of the molecule is c1cnc2c(c1)ccc1ccc(-c3ccc(-c4c5ccccc5nc5c4oc4ccccc45)cc3)nc12. The average Bonchev–Trinajstić information content (AvgIpc) is 3.34. The minimum Gasteiger partial charge on any atom is -0.454 e. The summed E-state index contributed by atoms with van der Waals surface area (Å²) in [5.74, 6) is 0. The molecule has 172 valence electrons. The molecule has 0 unspecified atom stereocenters. The molecule has 0 radical (unpaired) electrons. The second kappa shape index (κ2) is 7.70. The number of benzene rings is 4. The van der Waals surface area contributed by atoms with Gasteiger partial charge in [0.2, 0.25) is 0 Å². The Balaban J connectivity index is 1.32. The second-order valence-corrected chi connectivity index (χ2v) is 9.27. The number of nitrogens with zero attached hydrogens (tertiary/aromatic N) is 3. The predicted molar refractivity (Wildman–Crippen MR) is 150 cm³/mol. The highest BCUT2D eigenvalue weighted by atomic mass is 16.3. The van der Waals surface area contributed by atoms with Crippen LogP contribution in [0.1, 0.15) is 0 Å². The molecule has 37 heavy (non-hydrogen) atoms. The van der Waals surface area contributed by atoms with E-state index in [-0.39, 0.29) is 0 Å². The van der Waals surface area contributed by atoms with E-state index in [0.717, 1.165) is 77.2 Å². The molecule has 0 N–H and O–H groups in total. The van der Waals surface area contributed by atoms with Gasteiger partial charge in [-0.05, 0) is 35.9 Å². The molecule has 0 atom stereocenters. The van der Waals surface area contributed by atoms with Crippen LogP contribution >= 0.6 is 0 Å². The van der Waals surface area contributed by atoms with Crippen LogP contribution in [0, 0.1) is 0 Å². The predicted octanol–water partition coefficient (Wildman–Crippen LogP) is 8.56. The number of fused-ring (bicyclic) bond motifs is 7. The monoisotopic (exact) mass is 473 g/mol. The fourth-order valence-corrected chi connectivity index (χ4v) is 5.32. The number of pyridine rings is 3. The summed E-state index contributed by atoms with van der Waals surface area (Å²) in [6.45, 7) is 0. The minimum absolute atomic E-state index is 0.814. The van der Waals surface area contributed by atoms with Crippen molar-refractivity contribution in [2.24, 2.45) is 0 Å². The molecule has 0 aliphatic heterocycles. The maximum Gasteiger partial charge on any atom is 0.162 e. The van der Waals surface area contributed by atoms with Gasteiger partial charge in [-0.1, -0.05) is 78.9 Å². The van der Waals surface area contributed by atoms with E-state index in [1.165, 1.54) is 0 Å². The molecule has 0 aliphatic carbocycles. The van der Waals surface area contributed by atoms with Crippen molar-refractivity contribution in [1.82, 2.24) is 15.0 Å².